The van der Waals surface area contributed by atoms with Crippen molar-refractivity contribution < 1.29 is 18.7 Å². The maximum Gasteiger partial charge on any atom is 0.255 e. The van der Waals surface area contributed by atoms with Crippen LogP contribution in [-0.4, -0.2) is 54.9 Å². The average molecular weight is 504 g/mol. The summed E-state index contributed by atoms with van der Waals surface area (Å²) in [6.45, 7) is 7.52. The second-order valence-electron chi connectivity index (χ2n) is 9.16. The summed E-state index contributed by atoms with van der Waals surface area (Å²) in [6.07, 6.45) is 0. The number of nitrogens with one attached hydrogen (secondary N) is 1. The zero-order valence-corrected chi connectivity index (χ0v) is 21.6. The second kappa shape index (κ2) is 12.0. The van der Waals surface area contributed by atoms with Crippen LogP contribution in [0.1, 0.15) is 52.9 Å². The Morgan fingerprint density at radius 1 is 1.00 bits per heavy atom. The van der Waals surface area contributed by atoms with Gasteiger partial charge in [-0.15, -0.1) is 0 Å². The quantitative estimate of drug-likeness (QED) is 0.433. The van der Waals surface area contributed by atoms with Gasteiger partial charge >= 0.3 is 0 Å². The van der Waals surface area contributed by atoms with E-state index in [2.05, 4.69) is 24.1 Å². The van der Waals surface area contributed by atoms with Crippen LogP contribution in [0.3, 0.4) is 0 Å². The van der Waals surface area contributed by atoms with Crippen LogP contribution < -0.4 is 10.1 Å². The zero-order chi connectivity index (χ0) is 26.4. The van der Waals surface area contributed by atoms with E-state index in [1.165, 1.54) is 12.1 Å². The van der Waals surface area contributed by atoms with Gasteiger partial charge in [0.05, 0.1) is 19.1 Å². The number of hydrogen-bond acceptors (Lipinski definition) is 4. The molecule has 0 saturated heterocycles. The fourth-order valence-corrected chi connectivity index (χ4v) is 5.00. The van der Waals surface area contributed by atoms with Crippen molar-refractivity contribution in [2.45, 2.75) is 32.4 Å². The third kappa shape index (κ3) is 5.83. The number of hydrogen-bond donors (Lipinski definition) is 1. The molecule has 2 atom stereocenters. The monoisotopic (exact) mass is 503 g/mol. The molecule has 1 aliphatic heterocycles. The lowest BCUT2D eigenvalue weighted by Gasteiger charge is -2.42. The lowest BCUT2D eigenvalue weighted by molar-refractivity contribution is -0.124. The van der Waals surface area contributed by atoms with Gasteiger partial charge < -0.3 is 19.9 Å². The van der Waals surface area contributed by atoms with Crippen LogP contribution in [0.15, 0.2) is 72.8 Å². The van der Waals surface area contributed by atoms with Crippen LogP contribution >= 0.6 is 0 Å². The Morgan fingerprint density at radius 2 is 1.68 bits per heavy atom. The molecule has 194 valence electrons. The molecule has 2 amide bonds. The van der Waals surface area contributed by atoms with Crippen molar-refractivity contribution in [3.05, 3.63) is 101 Å². The van der Waals surface area contributed by atoms with Crippen LogP contribution in [0.4, 0.5) is 4.39 Å². The van der Waals surface area contributed by atoms with E-state index >= 15 is 0 Å². The summed E-state index contributed by atoms with van der Waals surface area (Å²) in [5.74, 6) is -0.544. The highest BCUT2D eigenvalue weighted by atomic mass is 19.1. The number of carbonyl (C=O) groups excluding carboxylic acids is 2. The van der Waals surface area contributed by atoms with Crippen LogP contribution in [-0.2, 0) is 11.3 Å². The summed E-state index contributed by atoms with van der Waals surface area (Å²) in [7, 11) is 1.60. The molecule has 37 heavy (non-hydrogen) atoms. The summed E-state index contributed by atoms with van der Waals surface area (Å²) >= 11 is 0. The molecule has 3 aromatic rings. The number of rotatable bonds is 10. The number of methoxy groups -OCH3 is 1. The normalized spacial score (nSPS) is 17.0. The molecule has 0 aliphatic carbocycles. The Labute approximate surface area is 218 Å². The van der Waals surface area contributed by atoms with Crippen LogP contribution in [0.2, 0.25) is 0 Å². The maximum absolute atomic E-state index is 13.8. The number of amides is 2. The van der Waals surface area contributed by atoms with Crippen molar-refractivity contribution in [2.75, 3.05) is 33.3 Å². The third-order valence-electron chi connectivity index (χ3n) is 7.07. The van der Waals surface area contributed by atoms with Crippen molar-refractivity contribution in [1.29, 1.82) is 0 Å². The van der Waals surface area contributed by atoms with Crippen molar-refractivity contribution in [1.82, 2.24) is 15.1 Å². The maximum atomic E-state index is 13.8. The van der Waals surface area contributed by atoms with Crippen LogP contribution in [0.25, 0.3) is 0 Å². The molecule has 0 unspecified atom stereocenters. The predicted octanol–water partition coefficient (Wildman–Crippen LogP) is 4.77. The number of carbonyl (C=O) groups is 2. The minimum atomic E-state index is -0.612. The zero-order valence-electron chi connectivity index (χ0n) is 21.6. The van der Waals surface area contributed by atoms with E-state index in [1.54, 1.807) is 30.2 Å². The summed E-state index contributed by atoms with van der Waals surface area (Å²) in [5.41, 5.74) is 2.84. The fraction of sp³-hybridized carbons (Fsp3) is 0.333. The van der Waals surface area contributed by atoms with E-state index in [0.29, 0.717) is 23.4 Å². The SMILES string of the molecule is CCN(CC)CCNC(=O)[C@@H]1c2ccccc2C(=O)N(Cc2ccc(F)cc2)[C@H]1c1ccc(OC)cc1. The average Bonchev–Trinajstić information content (AvgIpc) is 2.93. The molecule has 7 heteroatoms. The minimum absolute atomic E-state index is 0.128. The molecule has 0 bridgehead atoms. The molecule has 6 nitrogen and oxygen atoms in total. The highest BCUT2D eigenvalue weighted by Gasteiger charge is 2.44. The van der Waals surface area contributed by atoms with E-state index < -0.39 is 12.0 Å². The topological polar surface area (TPSA) is 61.9 Å². The molecular formula is C30H34FN3O3. The van der Waals surface area contributed by atoms with Crippen LogP contribution in [0, 0.1) is 5.82 Å². The largest absolute Gasteiger partial charge is 0.497 e. The van der Waals surface area contributed by atoms with E-state index in [4.69, 9.17) is 4.74 Å². The van der Waals surface area contributed by atoms with Crippen LogP contribution in [0.5, 0.6) is 5.75 Å². The van der Waals surface area contributed by atoms with Gasteiger partial charge in [-0.1, -0.05) is 56.3 Å². The predicted molar refractivity (Wildman–Crippen MR) is 142 cm³/mol. The number of likely N-dealkylation sites (N-methyl/N-ethyl adjacent to an activating group) is 1. The second-order valence-corrected chi connectivity index (χ2v) is 9.16. The van der Waals surface area contributed by atoms with E-state index in [-0.39, 0.29) is 24.2 Å². The van der Waals surface area contributed by atoms with Gasteiger partial charge in [-0.3, -0.25) is 9.59 Å². The molecular weight excluding hydrogens is 469 g/mol. The molecule has 0 saturated carbocycles. The molecule has 1 heterocycles. The minimum Gasteiger partial charge on any atom is -0.497 e. The Kier molecular flexibility index (Phi) is 8.56. The molecule has 3 aromatic carbocycles. The van der Waals surface area contributed by atoms with Crippen molar-refractivity contribution >= 4 is 11.8 Å². The van der Waals surface area contributed by atoms with Gasteiger partial charge in [0.15, 0.2) is 0 Å². The van der Waals surface area contributed by atoms with E-state index in [1.807, 2.05) is 42.5 Å². The summed E-state index contributed by atoms with van der Waals surface area (Å²) in [5, 5.41) is 3.13. The molecule has 0 spiro atoms. The lowest BCUT2D eigenvalue weighted by atomic mass is 9.79. The van der Waals surface area contributed by atoms with Crippen molar-refractivity contribution in [2.24, 2.45) is 0 Å². The first-order valence-corrected chi connectivity index (χ1v) is 12.7. The highest BCUT2D eigenvalue weighted by molar-refractivity contribution is 6.01. The van der Waals surface area contributed by atoms with Gasteiger partial charge in [-0.05, 0) is 60.1 Å². The van der Waals surface area contributed by atoms with Gasteiger partial charge in [0.25, 0.3) is 5.91 Å². The van der Waals surface area contributed by atoms with Crippen molar-refractivity contribution in [3.8, 4) is 5.75 Å². The summed E-state index contributed by atoms with van der Waals surface area (Å²) < 4.78 is 18.9. The molecule has 1 N–H and O–H groups in total. The lowest BCUT2D eigenvalue weighted by Crippen LogP contribution is -2.48. The molecule has 0 aromatic heterocycles. The molecule has 0 radical (unpaired) electrons. The smallest absolute Gasteiger partial charge is 0.255 e. The molecule has 0 fully saturated rings. The first-order valence-electron chi connectivity index (χ1n) is 12.7. The van der Waals surface area contributed by atoms with Gasteiger partial charge in [0.1, 0.15) is 11.6 Å². The van der Waals surface area contributed by atoms with Gasteiger partial charge in [0, 0.05) is 25.2 Å². The number of ether oxygens (including phenoxy) is 1. The Hall–Kier alpha value is -3.71. The first kappa shape index (κ1) is 26.4. The third-order valence-corrected chi connectivity index (χ3v) is 7.07. The molecule has 4 rings (SSSR count). The Morgan fingerprint density at radius 3 is 2.32 bits per heavy atom. The Balaban J connectivity index is 1.76. The van der Waals surface area contributed by atoms with Gasteiger partial charge in [0.2, 0.25) is 5.91 Å². The van der Waals surface area contributed by atoms with Gasteiger partial charge in [-0.2, -0.15) is 0 Å². The summed E-state index contributed by atoms with van der Waals surface area (Å²) in [4.78, 5) is 31.6. The highest BCUT2D eigenvalue weighted by Crippen LogP contribution is 2.44. The fourth-order valence-electron chi connectivity index (χ4n) is 5.00. The number of benzene rings is 3. The standard InChI is InChI=1S/C30H34FN3O3/c1-4-33(5-2)19-18-32-29(35)27-25-8-6-7-9-26(25)30(36)34(20-21-10-14-23(31)15-11-21)28(27)22-12-16-24(37-3)17-13-22/h6-17,27-28H,4-5,18-20H2,1-3H3,(H,32,35)/t27-,28+/m1/s1. The molecule has 1 aliphatic rings. The van der Waals surface area contributed by atoms with Gasteiger partial charge in [-0.25, -0.2) is 4.39 Å². The van der Waals surface area contributed by atoms with E-state index in [9.17, 15) is 14.0 Å². The number of halogens is 1. The van der Waals surface area contributed by atoms with E-state index in [0.717, 1.165) is 30.8 Å². The first-order chi connectivity index (χ1) is 18.0. The Bertz CT molecular complexity index is 1210. The number of nitrogens with zero attached hydrogens (tertiary/aromatic N) is 2. The summed E-state index contributed by atoms with van der Waals surface area (Å²) in [6, 6.07) is 20.4. The number of fused-ring (bicyclic) bond motifs is 1. The van der Waals surface area contributed by atoms with Crippen molar-refractivity contribution in [3.63, 3.8) is 0 Å².